The largest absolute Gasteiger partial charge is 0.374 e. The van der Waals surface area contributed by atoms with E-state index in [4.69, 9.17) is 4.74 Å². The van der Waals surface area contributed by atoms with Gasteiger partial charge in [-0.1, -0.05) is 0 Å². The Morgan fingerprint density at radius 2 is 2.15 bits per heavy atom. The SMILES string of the molecule is CCOCc1nc(NC)cc(Sc2nnc(C)n2C)n1. The minimum absolute atomic E-state index is 0.400. The fourth-order valence-electron chi connectivity index (χ4n) is 1.48. The van der Waals surface area contributed by atoms with E-state index < -0.39 is 0 Å². The number of nitrogens with one attached hydrogen (secondary N) is 1. The average molecular weight is 294 g/mol. The molecule has 0 radical (unpaired) electrons. The molecule has 1 N–H and O–H groups in total. The van der Waals surface area contributed by atoms with Gasteiger partial charge in [-0.15, -0.1) is 10.2 Å². The first kappa shape index (κ1) is 14.7. The lowest BCUT2D eigenvalue weighted by molar-refractivity contribution is 0.128. The number of hydrogen-bond donors (Lipinski definition) is 1. The van der Waals surface area contributed by atoms with Crippen LogP contribution in [0.2, 0.25) is 0 Å². The Labute approximate surface area is 122 Å². The average Bonchev–Trinajstić information content (AvgIpc) is 2.77. The predicted octanol–water partition coefficient (Wildman–Crippen LogP) is 1.64. The van der Waals surface area contributed by atoms with E-state index in [0.717, 1.165) is 21.8 Å². The van der Waals surface area contributed by atoms with Crippen molar-refractivity contribution in [1.29, 1.82) is 0 Å². The van der Waals surface area contributed by atoms with E-state index in [1.165, 1.54) is 11.8 Å². The Morgan fingerprint density at radius 3 is 2.75 bits per heavy atom. The van der Waals surface area contributed by atoms with Gasteiger partial charge in [0.05, 0.1) is 0 Å². The zero-order valence-corrected chi connectivity index (χ0v) is 12.9. The second kappa shape index (κ2) is 6.67. The minimum Gasteiger partial charge on any atom is -0.374 e. The van der Waals surface area contributed by atoms with Crippen LogP contribution in [-0.4, -0.2) is 38.4 Å². The van der Waals surface area contributed by atoms with Crippen LogP contribution in [0.4, 0.5) is 5.82 Å². The summed E-state index contributed by atoms with van der Waals surface area (Å²) in [6.07, 6.45) is 0. The highest BCUT2D eigenvalue weighted by molar-refractivity contribution is 7.99. The molecule has 0 aliphatic carbocycles. The van der Waals surface area contributed by atoms with E-state index in [2.05, 4.69) is 25.5 Å². The van der Waals surface area contributed by atoms with Crippen LogP contribution in [0.5, 0.6) is 0 Å². The van der Waals surface area contributed by atoms with E-state index in [1.54, 1.807) is 0 Å². The standard InChI is InChI=1S/C12H18N6OS/c1-5-19-7-10-14-9(13-3)6-11(15-10)20-12-17-16-8(2)18(12)4/h6H,5,7H2,1-4H3,(H,13,14,15). The van der Waals surface area contributed by atoms with Gasteiger partial charge in [-0.3, -0.25) is 0 Å². The second-order valence-corrected chi connectivity index (χ2v) is 5.07. The zero-order valence-electron chi connectivity index (χ0n) is 12.0. The van der Waals surface area contributed by atoms with Crippen molar-refractivity contribution in [3.05, 3.63) is 17.7 Å². The molecule has 0 bridgehead atoms. The molecule has 0 saturated carbocycles. The first-order valence-electron chi connectivity index (χ1n) is 6.31. The number of ether oxygens (including phenoxy) is 1. The van der Waals surface area contributed by atoms with Crippen molar-refractivity contribution in [3.8, 4) is 0 Å². The molecule has 0 fully saturated rings. The van der Waals surface area contributed by atoms with Crippen molar-refractivity contribution in [2.75, 3.05) is 19.0 Å². The van der Waals surface area contributed by atoms with Crippen LogP contribution in [0.15, 0.2) is 16.2 Å². The zero-order chi connectivity index (χ0) is 14.5. The van der Waals surface area contributed by atoms with Crippen molar-refractivity contribution in [2.45, 2.75) is 30.6 Å². The molecule has 0 aliphatic heterocycles. The molecule has 7 nitrogen and oxygen atoms in total. The molecule has 20 heavy (non-hydrogen) atoms. The summed E-state index contributed by atoms with van der Waals surface area (Å²) in [5, 5.41) is 12.8. The summed E-state index contributed by atoms with van der Waals surface area (Å²) in [7, 11) is 3.76. The number of aryl methyl sites for hydroxylation is 1. The van der Waals surface area contributed by atoms with E-state index >= 15 is 0 Å². The third-order valence-electron chi connectivity index (χ3n) is 2.69. The third kappa shape index (κ3) is 3.45. The van der Waals surface area contributed by atoms with Gasteiger partial charge in [0.15, 0.2) is 11.0 Å². The summed E-state index contributed by atoms with van der Waals surface area (Å²) in [6, 6.07) is 1.88. The van der Waals surface area contributed by atoms with E-state index in [1.807, 2.05) is 38.6 Å². The Kier molecular flexibility index (Phi) is 4.91. The highest BCUT2D eigenvalue weighted by Crippen LogP contribution is 2.26. The summed E-state index contributed by atoms with van der Waals surface area (Å²) in [4.78, 5) is 8.83. The molecule has 0 amide bonds. The molecule has 0 spiro atoms. The topological polar surface area (TPSA) is 77.8 Å². The number of aromatic nitrogens is 5. The van der Waals surface area contributed by atoms with Crippen molar-refractivity contribution in [1.82, 2.24) is 24.7 Å². The predicted molar refractivity (Wildman–Crippen MR) is 76.8 cm³/mol. The smallest absolute Gasteiger partial charge is 0.197 e. The van der Waals surface area contributed by atoms with Crippen molar-refractivity contribution in [3.63, 3.8) is 0 Å². The molecule has 2 aromatic rings. The Hall–Kier alpha value is -1.67. The first-order valence-corrected chi connectivity index (χ1v) is 7.13. The van der Waals surface area contributed by atoms with Gasteiger partial charge in [0.25, 0.3) is 0 Å². The number of anilines is 1. The number of rotatable bonds is 6. The lowest BCUT2D eigenvalue weighted by Crippen LogP contribution is -2.04. The summed E-state index contributed by atoms with van der Waals surface area (Å²) >= 11 is 1.45. The molecule has 2 aromatic heterocycles. The first-order chi connectivity index (χ1) is 9.63. The van der Waals surface area contributed by atoms with Crippen molar-refractivity contribution < 1.29 is 4.74 Å². The monoisotopic (exact) mass is 294 g/mol. The van der Waals surface area contributed by atoms with Gasteiger partial charge < -0.3 is 14.6 Å². The van der Waals surface area contributed by atoms with E-state index in [-0.39, 0.29) is 0 Å². The van der Waals surface area contributed by atoms with Crippen LogP contribution in [0.1, 0.15) is 18.6 Å². The fourth-order valence-corrected chi connectivity index (χ4v) is 2.34. The summed E-state index contributed by atoms with van der Waals surface area (Å²) < 4.78 is 7.28. The summed E-state index contributed by atoms with van der Waals surface area (Å²) in [5.41, 5.74) is 0. The lowest BCUT2D eigenvalue weighted by atomic mass is 10.5. The highest BCUT2D eigenvalue weighted by atomic mass is 32.2. The van der Waals surface area contributed by atoms with Crippen molar-refractivity contribution >= 4 is 17.6 Å². The Morgan fingerprint density at radius 1 is 1.35 bits per heavy atom. The Balaban J connectivity index is 2.23. The van der Waals surface area contributed by atoms with E-state index in [9.17, 15) is 0 Å². The van der Waals surface area contributed by atoms with Crippen molar-refractivity contribution in [2.24, 2.45) is 7.05 Å². The molecule has 0 atom stereocenters. The number of hydrogen-bond acceptors (Lipinski definition) is 7. The van der Waals surface area contributed by atoms with Gasteiger partial charge in [0, 0.05) is 26.8 Å². The maximum absolute atomic E-state index is 5.36. The molecule has 0 aromatic carbocycles. The molecule has 0 saturated heterocycles. The quantitative estimate of drug-likeness (QED) is 0.811. The molecular formula is C12H18N6OS. The van der Waals surface area contributed by atoms with Gasteiger partial charge in [0.2, 0.25) is 0 Å². The van der Waals surface area contributed by atoms with E-state index in [0.29, 0.717) is 19.0 Å². The van der Waals surface area contributed by atoms with Crippen LogP contribution < -0.4 is 5.32 Å². The Bertz CT molecular complexity index is 585. The molecule has 108 valence electrons. The van der Waals surface area contributed by atoms with Gasteiger partial charge in [-0.25, -0.2) is 9.97 Å². The third-order valence-corrected chi connectivity index (χ3v) is 3.65. The fraction of sp³-hybridized carbons (Fsp3) is 0.500. The summed E-state index contributed by atoms with van der Waals surface area (Å²) in [5.74, 6) is 2.28. The molecule has 2 rings (SSSR count). The van der Waals surface area contributed by atoms with Crippen LogP contribution in [0, 0.1) is 6.92 Å². The lowest BCUT2D eigenvalue weighted by Gasteiger charge is -2.07. The highest BCUT2D eigenvalue weighted by Gasteiger charge is 2.10. The van der Waals surface area contributed by atoms with Gasteiger partial charge in [0.1, 0.15) is 23.3 Å². The minimum atomic E-state index is 0.400. The van der Waals surface area contributed by atoms with Gasteiger partial charge >= 0.3 is 0 Å². The maximum Gasteiger partial charge on any atom is 0.197 e. The molecule has 0 unspecified atom stereocenters. The summed E-state index contributed by atoms with van der Waals surface area (Å²) in [6.45, 7) is 4.89. The molecular weight excluding hydrogens is 276 g/mol. The van der Waals surface area contributed by atoms with Crippen LogP contribution in [0.25, 0.3) is 0 Å². The second-order valence-electron chi connectivity index (χ2n) is 4.09. The van der Waals surface area contributed by atoms with Gasteiger partial charge in [-0.05, 0) is 25.6 Å². The molecule has 0 aliphatic rings. The normalized spacial score (nSPS) is 10.8. The van der Waals surface area contributed by atoms with Crippen LogP contribution in [-0.2, 0) is 18.4 Å². The van der Waals surface area contributed by atoms with Gasteiger partial charge in [-0.2, -0.15) is 0 Å². The van der Waals surface area contributed by atoms with Crippen LogP contribution in [0.3, 0.4) is 0 Å². The number of nitrogens with zero attached hydrogens (tertiary/aromatic N) is 5. The molecule has 2 heterocycles. The maximum atomic E-state index is 5.36. The molecule has 8 heteroatoms. The van der Waals surface area contributed by atoms with Crippen LogP contribution >= 0.6 is 11.8 Å².